The van der Waals surface area contributed by atoms with Crippen molar-refractivity contribution in [3.05, 3.63) is 66.5 Å². The maximum Gasteiger partial charge on any atom is 0.311 e. The van der Waals surface area contributed by atoms with Crippen molar-refractivity contribution >= 4 is 11.8 Å². The average Bonchev–Trinajstić information content (AvgIpc) is 3.41. The molecule has 1 saturated carbocycles. The SMILES string of the molecule is COc1ccc(OC(=O)CCCC=CC[C@H]2C(=O)C[C@@H](OC3CCCCO3)[C@@H]2OCC(COc2ccc(F)cc2)OC2CCCCO2)cc1. The molecule has 0 bridgehead atoms. The van der Waals surface area contributed by atoms with E-state index in [0.717, 1.165) is 38.5 Å². The largest absolute Gasteiger partial charge is 0.497 e. The molecule has 5 rings (SSSR count). The van der Waals surface area contributed by atoms with Gasteiger partial charge in [0.05, 0.1) is 31.8 Å². The first kappa shape index (κ1) is 36.9. The van der Waals surface area contributed by atoms with E-state index in [1.807, 2.05) is 12.2 Å². The summed E-state index contributed by atoms with van der Waals surface area (Å²) < 4.78 is 60.7. The summed E-state index contributed by atoms with van der Waals surface area (Å²) in [5, 5.41) is 0. The molecule has 3 aliphatic rings. The van der Waals surface area contributed by atoms with Gasteiger partial charge in [-0.15, -0.1) is 0 Å². The van der Waals surface area contributed by atoms with E-state index in [-0.39, 0.29) is 56.2 Å². The molecule has 2 saturated heterocycles. The molecule has 268 valence electrons. The molecule has 2 aliphatic heterocycles. The first-order valence-electron chi connectivity index (χ1n) is 17.5. The lowest BCUT2D eigenvalue weighted by atomic mass is 9.99. The molecular weight excluding hydrogens is 635 g/mol. The highest BCUT2D eigenvalue weighted by Crippen LogP contribution is 2.34. The van der Waals surface area contributed by atoms with Crippen LogP contribution in [0.1, 0.15) is 70.6 Å². The second-order valence-electron chi connectivity index (χ2n) is 12.6. The van der Waals surface area contributed by atoms with Gasteiger partial charge >= 0.3 is 5.97 Å². The normalized spacial score (nSPS) is 24.9. The van der Waals surface area contributed by atoms with E-state index >= 15 is 0 Å². The number of benzene rings is 2. The number of ether oxygens (including phenoxy) is 8. The van der Waals surface area contributed by atoms with Crippen LogP contribution in [0.4, 0.5) is 4.39 Å². The fourth-order valence-corrected chi connectivity index (χ4v) is 6.19. The number of halogens is 1. The molecule has 2 heterocycles. The maximum absolute atomic E-state index is 13.4. The van der Waals surface area contributed by atoms with Gasteiger partial charge in [0.2, 0.25) is 0 Å². The zero-order chi connectivity index (χ0) is 34.3. The molecule has 0 spiro atoms. The Hall–Kier alpha value is -3.35. The molecule has 0 N–H and O–H groups in total. The summed E-state index contributed by atoms with van der Waals surface area (Å²) >= 11 is 0. The Balaban J connectivity index is 1.16. The van der Waals surface area contributed by atoms with Crippen molar-refractivity contribution in [1.29, 1.82) is 0 Å². The minimum absolute atomic E-state index is 0.0779. The van der Waals surface area contributed by atoms with Crippen molar-refractivity contribution < 1.29 is 51.9 Å². The minimum atomic E-state index is -0.508. The van der Waals surface area contributed by atoms with E-state index in [0.29, 0.717) is 49.7 Å². The Kier molecular flexibility index (Phi) is 14.9. The Labute approximate surface area is 288 Å². The van der Waals surface area contributed by atoms with E-state index in [9.17, 15) is 14.0 Å². The molecule has 10 nitrogen and oxygen atoms in total. The Morgan fingerprint density at radius 2 is 1.59 bits per heavy atom. The van der Waals surface area contributed by atoms with Gasteiger partial charge in [-0.3, -0.25) is 9.59 Å². The third-order valence-electron chi connectivity index (χ3n) is 8.85. The number of hydrogen-bond acceptors (Lipinski definition) is 10. The first-order valence-corrected chi connectivity index (χ1v) is 17.5. The summed E-state index contributed by atoms with van der Waals surface area (Å²) in [7, 11) is 1.58. The van der Waals surface area contributed by atoms with Crippen LogP contribution in [0.25, 0.3) is 0 Å². The van der Waals surface area contributed by atoms with Crippen LogP contribution in [0.5, 0.6) is 17.2 Å². The molecule has 0 amide bonds. The second-order valence-corrected chi connectivity index (χ2v) is 12.6. The van der Waals surface area contributed by atoms with Crippen molar-refractivity contribution in [2.24, 2.45) is 5.92 Å². The lowest BCUT2D eigenvalue weighted by Gasteiger charge is -2.32. The lowest BCUT2D eigenvalue weighted by molar-refractivity contribution is -0.226. The number of esters is 1. The fourth-order valence-electron chi connectivity index (χ4n) is 6.19. The van der Waals surface area contributed by atoms with Gasteiger partial charge in [-0.05, 0) is 106 Å². The van der Waals surface area contributed by atoms with Gasteiger partial charge in [-0.1, -0.05) is 12.2 Å². The van der Waals surface area contributed by atoms with Crippen molar-refractivity contribution in [3.8, 4) is 17.2 Å². The average molecular weight is 685 g/mol. The van der Waals surface area contributed by atoms with Crippen molar-refractivity contribution in [3.63, 3.8) is 0 Å². The minimum Gasteiger partial charge on any atom is -0.497 e. The Morgan fingerprint density at radius 3 is 2.29 bits per heavy atom. The van der Waals surface area contributed by atoms with Gasteiger partial charge in [0.15, 0.2) is 12.6 Å². The van der Waals surface area contributed by atoms with E-state index in [2.05, 4.69) is 0 Å². The van der Waals surface area contributed by atoms with Crippen LogP contribution in [0.15, 0.2) is 60.7 Å². The summed E-state index contributed by atoms with van der Waals surface area (Å²) in [6.45, 7) is 1.58. The van der Waals surface area contributed by atoms with Gasteiger partial charge in [0.1, 0.15) is 41.6 Å². The monoisotopic (exact) mass is 684 g/mol. The van der Waals surface area contributed by atoms with Crippen LogP contribution < -0.4 is 14.2 Å². The summed E-state index contributed by atoms with van der Waals surface area (Å²) in [5.41, 5.74) is 0. The number of carbonyl (C=O) groups excluding carboxylic acids is 2. The lowest BCUT2D eigenvalue weighted by Crippen LogP contribution is -2.40. The molecule has 0 radical (unpaired) electrons. The fraction of sp³-hybridized carbons (Fsp3) is 0.579. The number of Topliss-reactive ketones (excluding diaryl/α,β-unsaturated/α-hetero) is 1. The zero-order valence-corrected chi connectivity index (χ0v) is 28.3. The number of hydrogen-bond donors (Lipinski definition) is 0. The smallest absolute Gasteiger partial charge is 0.311 e. The van der Waals surface area contributed by atoms with Gasteiger partial charge in [0.25, 0.3) is 0 Å². The summed E-state index contributed by atoms with van der Waals surface area (Å²) in [5.74, 6) is 0.707. The Bertz CT molecular complexity index is 1300. The molecule has 49 heavy (non-hydrogen) atoms. The zero-order valence-electron chi connectivity index (χ0n) is 28.3. The maximum atomic E-state index is 13.4. The Morgan fingerprint density at radius 1 is 0.898 bits per heavy atom. The number of carbonyl (C=O) groups is 2. The number of unbranched alkanes of at least 4 members (excludes halogenated alkanes) is 1. The molecule has 1 aliphatic carbocycles. The highest BCUT2D eigenvalue weighted by Gasteiger charge is 2.45. The van der Waals surface area contributed by atoms with E-state index in [4.69, 9.17) is 37.9 Å². The highest BCUT2D eigenvalue weighted by atomic mass is 19.1. The third-order valence-corrected chi connectivity index (χ3v) is 8.85. The standard InChI is InChI=1S/C38H49FO10/c1-42-28-18-20-30(21-19-28)47-35(41)11-5-3-2-4-10-32-33(40)24-34(49-37-13-7-9-23-44-37)38(32)46-26-31(48-36-12-6-8-22-43-36)25-45-29-16-14-27(39)15-17-29/h2,4,14-21,31-32,34,36-38H,3,5-13,22-26H2,1H3/t31?,32-,34+,36?,37?,38+/m0/s1. The number of ketones is 1. The number of methoxy groups -OCH3 is 1. The van der Waals surface area contributed by atoms with Crippen LogP contribution in [0.3, 0.4) is 0 Å². The molecule has 0 aromatic heterocycles. The van der Waals surface area contributed by atoms with Crippen LogP contribution in [-0.4, -0.2) is 76.2 Å². The van der Waals surface area contributed by atoms with Crippen molar-refractivity contribution in [2.45, 2.75) is 102 Å². The van der Waals surface area contributed by atoms with Crippen molar-refractivity contribution in [1.82, 2.24) is 0 Å². The second kappa shape index (κ2) is 19.7. The quantitative estimate of drug-likeness (QED) is 0.0726. The summed E-state index contributed by atoms with van der Waals surface area (Å²) in [6, 6.07) is 12.7. The molecule has 2 aromatic carbocycles. The van der Waals surface area contributed by atoms with Gasteiger partial charge in [-0.2, -0.15) is 0 Å². The van der Waals surface area contributed by atoms with Crippen LogP contribution in [0.2, 0.25) is 0 Å². The molecule has 3 fully saturated rings. The van der Waals surface area contributed by atoms with E-state index in [1.165, 1.54) is 12.1 Å². The van der Waals surface area contributed by atoms with Crippen molar-refractivity contribution in [2.75, 3.05) is 33.5 Å². The van der Waals surface area contributed by atoms with Crippen LogP contribution in [-0.2, 0) is 33.3 Å². The number of allylic oxidation sites excluding steroid dienone is 2. The van der Waals surface area contributed by atoms with Gasteiger partial charge in [-0.25, -0.2) is 4.39 Å². The number of rotatable bonds is 18. The van der Waals surface area contributed by atoms with Crippen LogP contribution >= 0.6 is 0 Å². The molecular formula is C38H49FO10. The highest BCUT2D eigenvalue weighted by molar-refractivity contribution is 5.85. The van der Waals surface area contributed by atoms with E-state index in [1.54, 1.807) is 43.5 Å². The topological polar surface area (TPSA) is 108 Å². The predicted octanol–water partition coefficient (Wildman–Crippen LogP) is 6.73. The molecule has 11 heteroatoms. The van der Waals surface area contributed by atoms with Crippen LogP contribution in [0, 0.1) is 11.7 Å². The molecule has 3 unspecified atom stereocenters. The molecule has 2 aromatic rings. The summed E-state index contributed by atoms with van der Waals surface area (Å²) in [6.07, 6.45) is 9.59. The van der Waals surface area contributed by atoms with Gasteiger partial charge < -0.3 is 37.9 Å². The molecule has 6 atom stereocenters. The first-order chi connectivity index (χ1) is 24.0. The third kappa shape index (κ3) is 12.2. The van der Waals surface area contributed by atoms with E-state index < -0.39 is 24.2 Å². The summed E-state index contributed by atoms with van der Waals surface area (Å²) in [4.78, 5) is 25.6. The predicted molar refractivity (Wildman–Crippen MR) is 178 cm³/mol. The van der Waals surface area contributed by atoms with Gasteiger partial charge in [0, 0.05) is 26.1 Å².